The van der Waals surface area contributed by atoms with E-state index in [0.29, 0.717) is 45.3 Å². The van der Waals surface area contributed by atoms with Crippen LogP contribution in [0.1, 0.15) is 79.8 Å². The highest BCUT2D eigenvalue weighted by atomic mass is 33.1. The van der Waals surface area contributed by atoms with E-state index in [1.165, 1.54) is 31.2 Å². The summed E-state index contributed by atoms with van der Waals surface area (Å²) in [6.07, 6.45) is -2.25. The quantitative estimate of drug-likeness (QED) is 0.0259. The number of hydrogen-bond acceptors (Lipinski definition) is 21. The van der Waals surface area contributed by atoms with Gasteiger partial charge in [0, 0.05) is 73.4 Å². The highest BCUT2D eigenvalue weighted by Gasteiger charge is 2.40. The number of rotatable bonds is 22. The van der Waals surface area contributed by atoms with Crippen molar-refractivity contribution in [2.75, 3.05) is 31.2 Å². The molecule has 2 fully saturated rings. The van der Waals surface area contributed by atoms with E-state index in [9.17, 15) is 54.0 Å². The number of phenols is 1. The van der Waals surface area contributed by atoms with Gasteiger partial charge in [-0.15, -0.1) is 0 Å². The predicted octanol–water partition coefficient (Wildman–Crippen LogP) is -1.95. The minimum Gasteiger partial charge on any atom is -0.508 e. The van der Waals surface area contributed by atoms with Gasteiger partial charge in [-0.25, -0.2) is 4.79 Å². The van der Waals surface area contributed by atoms with E-state index in [0.717, 1.165) is 27.2 Å². The normalized spacial score (nSPS) is 23.5. The van der Waals surface area contributed by atoms with Crippen molar-refractivity contribution < 1.29 is 82.8 Å². The zero-order valence-corrected chi connectivity index (χ0v) is 63.7. The molecule has 2 saturated heterocycles. The lowest BCUT2D eigenvalue weighted by Crippen LogP contribution is -2.63. The van der Waals surface area contributed by atoms with E-state index in [2.05, 4.69) is 74.1 Å². The van der Waals surface area contributed by atoms with E-state index in [4.69, 9.17) is 11.5 Å². The first kappa shape index (κ1) is 86.6. The lowest BCUT2D eigenvalue weighted by atomic mass is 9.99. The van der Waals surface area contributed by atoms with Gasteiger partial charge in [0.1, 0.15) is 72.2 Å². The number of fused-ring (bicyclic) bond motifs is 6. The number of aromatic amines is 1. The van der Waals surface area contributed by atoms with Crippen LogP contribution < -0.4 is 80.6 Å². The molecule has 0 radical (unpaired) electrons. The maximum atomic E-state index is 15.5. The number of aliphatic carboxylic acids is 1. The number of carbonyl (C=O) groups excluding carboxylic acids is 12. The molecule has 0 saturated carbocycles. The predicted molar refractivity (Wildman–Crippen MR) is 417 cm³/mol. The Hall–Kier alpha value is -11.0. The van der Waals surface area contributed by atoms with Crippen molar-refractivity contribution >= 4 is 109 Å². The standard InChI is InChI=1S/C77H98N16O17S2/c1-42(2)80-36-48-23-21-47(22-24-48)33-57-72(104)93-65(43(3)95)76(108)88-56(32-45-16-8-5-9-17-45)69(101)89-60-38-82-64(97)35-59(71(103)84-55(31-44-14-6-4-7-15-44)68(100)86-58(70(102)85-57)34-49-37-81-53-19-11-10-18-51(49)53)87-67(99)54(20-12-13-29-78)83-75(107)62(91-66(98)52(79)30-46-25-27-50(96)28-26-46)40-111-112-41-63(77(109)110)92-74(106)61(39-94)90-73(60)105/h4-11,14-19,21-28,37,42-43,52,54-63,65,80-81,94-96H,12-13,20,29-36,38-41,78-79H2,1-3H3,(H,82,97)(H,83,107)(H,84,103)(H,85,102)(H,86,100)(H,87,99)(H,88,108)(H,89,101)(H,90,105)(H,91,98)(H,92,106)(H,93,104)(H,109,110)/t43-,52+,54-,55+,56+,57+,58+,59+,60+,61+,62-,63+,65+/m1/s1. The second-order valence-electron chi connectivity index (χ2n) is 27.7. The van der Waals surface area contributed by atoms with Gasteiger partial charge in [-0.2, -0.15) is 0 Å². The van der Waals surface area contributed by atoms with Crippen LogP contribution in [0.15, 0.2) is 140 Å². The molecule has 13 atom stereocenters. The van der Waals surface area contributed by atoms with Crippen LogP contribution in [0.4, 0.5) is 0 Å². The molecular formula is C77H98N16O17S2. The number of carboxylic acids is 1. The van der Waals surface area contributed by atoms with Crippen molar-refractivity contribution in [3.63, 3.8) is 0 Å². The summed E-state index contributed by atoms with van der Waals surface area (Å²) in [6, 6.07) is 15.5. The molecule has 2 bridgehead atoms. The molecule has 600 valence electrons. The summed E-state index contributed by atoms with van der Waals surface area (Å²) in [5, 5.41) is 77.1. The van der Waals surface area contributed by atoms with Crippen molar-refractivity contribution in [3.8, 4) is 5.75 Å². The number of nitrogens with one attached hydrogen (secondary N) is 14. The molecule has 33 nitrogen and oxygen atoms in total. The van der Waals surface area contributed by atoms with Gasteiger partial charge in [-0.1, -0.05) is 151 Å². The van der Waals surface area contributed by atoms with Crippen LogP contribution in [-0.2, 0) is 101 Å². The van der Waals surface area contributed by atoms with Gasteiger partial charge >= 0.3 is 5.97 Å². The number of aliphatic hydroxyl groups excluding tert-OH is 2. The summed E-state index contributed by atoms with van der Waals surface area (Å²) in [6.45, 7) is 3.57. The summed E-state index contributed by atoms with van der Waals surface area (Å²) in [7, 11) is 1.65. The van der Waals surface area contributed by atoms with E-state index in [1.54, 1.807) is 103 Å². The van der Waals surface area contributed by atoms with Crippen molar-refractivity contribution in [2.45, 2.75) is 170 Å². The average molecular weight is 1580 g/mol. The maximum absolute atomic E-state index is 15.5. The molecule has 112 heavy (non-hydrogen) atoms. The number of aromatic hydroxyl groups is 1. The van der Waals surface area contributed by atoms with Crippen LogP contribution in [-0.4, -0.2) is 218 Å². The van der Waals surface area contributed by atoms with Crippen molar-refractivity contribution in [1.29, 1.82) is 0 Å². The van der Waals surface area contributed by atoms with Gasteiger partial charge in [-0.3, -0.25) is 57.5 Å². The molecule has 6 aromatic rings. The Bertz CT molecular complexity index is 4240. The number of H-pyrrole nitrogens is 1. The Labute approximate surface area is 654 Å². The summed E-state index contributed by atoms with van der Waals surface area (Å²) in [4.78, 5) is 195. The van der Waals surface area contributed by atoms with Gasteiger partial charge in [0.05, 0.1) is 25.2 Å². The molecule has 0 unspecified atom stereocenters. The molecule has 12 amide bonds. The fourth-order valence-corrected chi connectivity index (χ4v) is 14.5. The number of aromatic nitrogens is 1. The molecule has 0 spiro atoms. The zero-order chi connectivity index (χ0) is 81.0. The third-order valence-corrected chi connectivity index (χ3v) is 20.9. The first-order valence-corrected chi connectivity index (χ1v) is 39.2. The number of amides is 12. The maximum Gasteiger partial charge on any atom is 0.327 e. The molecule has 22 N–H and O–H groups in total. The number of nitrogens with two attached hydrogens (primary N) is 2. The molecule has 2 aliphatic heterocycles. The number of hydrogen-bond donors (Lipinski definition) is 20. The number of aliphatic hydroxyl groups is 2. The molecule has 1 aromatic heterocycles. The Morgan fingerprint density at radius 2 is 1.02 bits per heavy atom. The summed E-state index contributed by atoms with van der Waals surface area (Å²) in [5.74, 6) is -15.7. The van der Waals surface area contributed by atoms with Crippen LogP contribution in [0.3, 0.4) is 0 Å². The monoisotopic (exact) mass is 1580 g/mol. The fraction of sp³-hybridized carbons (Fsp3) is 0.416. The number of carboxylic acid groups (broad SMARTS) is 1. The highest BCUT2D eigenvalue weighted by Crippen LogP contribution is 2.25. The van der Waals surface area contributed by atoms with Crippen LogP contribution >= 0.6 is 21.6 Å². The summed E-state index contributed by atoms with van der Waals surface area (Å²) in [5.41, 5.74) is 16.2. The molecule has 0 aliphatic carbocycles. The van der Waals surface area contributed by atoms with Gasteiger partial charge in [-0.05, 0) is 90.7 Å². The van der Waals surface area contributed by atoms with Gasteiger partial charge in [0.25, 0.3) is 0 Å². The second-order valence-corrected chi connectivity index (χ2v) is 30.2. The summed E-state index contributed by atoms with van der Waals surface area (Å²) >= 11 is 0. The molecule has 2 aliphatic rings. The van der Waals surface area contributed by atoms with Crippen LogP contribution in [0, 0.1) is 0 Å². The van der Waals surface area contributed by atoms with Gasteiger partial charge in [0.2, 0.25) is 70.9 Å². The van der Waals surface area contributed by atoms with Crippen molar-refractivity contribution in [3.05, 3.63) is 173 Å². The fourth-order valence-electron chi connectivity index (χ4n) is 12.2. The summed E-state index contributed by atoms with van der Waals surface area (Å²) < 4.78 is 0. The van der Waals surface area contributed by atoms with Gasteiger partial charge in [0.15, 0.2) is 0 Å². The zero-order valence-electron chi connectivity index (χ0n) is 62.0. The number of para-hydroxylation sites is 1. The third-order valence-electron chi connectivity index (χ3n) is 18.5. The number of phenolic OH excluding ortho intramolecular Hbond substituents is 1. The lowest BCUT2D eigenvalue weighted by molar-refractivity contribution is -0.142. The van der Waals surface area contributed by atoms with Crippen LogP contribution in [0.25, 0.3) is 10.9 Å². The number of unbranched alkanes of at least 4 members (excludes halogenated alkanes) is 1. The molecule has 35 heteroatoms. The largest absolute Gasteiger partial charge is 0.508 e. The lowest BCUT2D eigenvalue weighted by Gasteiger charge is -2.29. The minimum atomic E-state index is -2.05. The molecule has 5 aromatic carbocycles. The average Bonchev–Trinajstić information content (AvgIpc) is 1.65. The minimum absolute atomic E-state index is 0.0582. The molecule has 8 rings (SSSR count). The van der Waals surface area contributed by atoms with Crippen LogP contribution in [0.5, 0.6) is 5.75 Å². The second kappa shape index (κ2) is 43.0. The Morgan fingerprint density at radius 3 is 1.62 bits per heavy atom. The highest BCUT2D eigenvalue weighted by molar-refractivity contribution is 8.76. The Balaban J connectivity index is 1.26. The van der Waals surface area contributed by atoms with E-state index >= 15 is 28.8 Å². The van der Waals surface area contributed by atoms with Gasteiger partial charge < -0.3 is 106 Å². The SMILES string of the molecule is CC(C)NCc1ccc(C[C@@H]2NC(=O)[C@H](Cc3c[nH]c4ccccc34)NC(=O)[C@H](Cc3ccccc3)NC(=O)[C@@H]3CC(=O)NC[C@H](NC(=O)[C@H](Cc4ccccc4)NC(=O)[C@H]([C@@H](C)O)NC2=O)C(=O)N[C@@H](CO)C(=O)N[C@H](C(=O)O)CSSC[C@@H](NC(=O)[C@@H](N)Cc2ccc(O)cc2)C(=O)N[C@H](CCCCN)C(=O)N3)cc1. The van der Waals surface area contributed by atoms with E-state index < -0.39 is 181 Å². The first-order chi connectivity index (χ1) is 53.6. The Kier molecular flexibility index (Phi) is 33.3. The Morgan fingerprint density at radius 1 is 0.527 bits per heavy atom. The number of carbonyl (C=O) groups is 13. The topological polar surface area (TPSA) is 527 Å². The van der Waals surface area contributed by atoms with Crippen LogP contribution in [0.2, 0.25) is 0 Å². The van der Waals surface area contributed by atoms with E-state index in [1.807, 2.05) is 26.0 Å². The number of benzene rings is 5. The van der Waals surface area contributed by atoms with Crippen molar-refractivity contribution in [2.24, 2.45) is 11.5 Å². The molecular weight excluding hydrogens is 1490 g/mol. The third kappa shape index (κ3) is 26.6. The van der Waals surface area contributed by atoms with Crippen molar-refractivity contribution in [1.82, 2.24) is 74.1 Å². The molecule has 3 heterocycles. The smallest absolute Gasteiger partial charge is 0.327 e. The van der Waals surface area contributed by atoms with E-state index in [-0.39, 0.29) is 75.5 Å². The first-order valence-electron chi connectivity index (χ1n) is 36.7.